The number of nitrogens with two attached hydrogens (primary N) is 1. The van der Waals surface area contributed by atoms with Crippen molar-refractivity contribution in [2.24, 2.45) is 10.7 Å². The van der Waals surface area contributed by atoms with E-state index in [-0.39, 0.29) is 18.3 Å². The molecule has 3 N–H and O–H groups in total. The quantitative estimate of drug-likeness (QED) is 0.472. The lowest BCUT2D eigenvalue weighted by Crippen LogP contribution is -2.13. The summed E-state index contributed by atoms with van der Waals surface area (Å²) < 4.78 is 0. The number of aliphatic imine (C=N–C) groups is 1. The topological polar surface area (TPSA) is 67.5 Å². The summed E-state index contributed by atoms with van der Waals surface area (Å²) in [7, 11) is 0. The van der Waals surface area contributed by atoms with E-state index in [1.165, 1.54) is 0 Å². The molecule has 0 aliphatic heterocycles. The number of hydrogen-bond donors (Lipinski definition) is 2. The highest BCUT2D eigenvalue weighted by atomic mass is 35.5. The van der Waals surface area contributed by atoms with Crippen LogP contribution in [0.4, 0.5) is 5.69 Å². The maximum atomic E-state index is 12.4. The summed E-state index contributed by atoms with van der Waals surface area (Å²) >= 11 is 0. The molecular formula is C23H22ClN3O. The second-order valence-corrected chi connectivity index (χ2v) is 6.21. The number of rotatable bonds is 5. The Morgan fingerprint density at radius 3 is 2.21 bits per heavy atom. The molecule has 0 radical (unpaired) electrons. The molecule has 0 spiro atoms. The number of amidine groups is 1. The van der Waals surface area contributed by atoms with E-state index in [1.807, 2.05) is 73.7 Å². The van der Waals surface area contributed by atoms with Crippen LogP contribution in [0.1, 0.15) is 27.0 Å². The molecule has 1 amide bonds. The summed E-state index contributed by atoms with van der Waals surface area (Å²) in [4.78, 5) is 16.8. The average molecular weight is 392 g/mol. The van der Waals surface area contributed by atoms with Crippen LogP contribution in [0.3, 0.4) is 0 Å². The molecule has 0 saturated heterocycles. The van der Waals surface area contributed by atoms with Crippen LogP contribution in [0.25, 0.3) is 5.70 Å². The highest BCUT2D eigenvalue weighted by Crippen LogP contribution is 2.20. The van der Waals surface area contributed by atoms with Crippen molar-refractivity contribution < 1.29 is 4.79 Å². The first-order valence-electron chi connectivity index (χ1n) is 8.60. The molecule has 0 heterocycles. The largest absolute Gasteiger partial charge is 0.383 e. The number of anilines is 1. The number of carbonyl (C=O) groups is 1. The predicted octanol–water partition coefficient (Wildman–Crippen LogP) is 5.05. The molecule has 3 rings (SSSR count). The minimum Gasteiger partial charge on any atom is -0.383 e. The zero-order valence-electron chi connectivity index (χ0n) is 15.6. The minimum atomic E-state index is -0.162. The van der Waals surface area contributed by atoms with Crippen LogP contribution in [-0.2, 0) is 0 Å². The van der Waals surface area contributed by atoms with Gasteiger partial charge in [0.05, 0.1) is 5.70 Å². The van der Waals surface area contributed by atoms with Crippen LogP contribution in [-0.4, -0.2) is 11.7 Å². The van der Waals surface area contributed by atoms with E-state index >= 15 is 0 Å². The number of aryl methyl sites for hydroxylation is 1. The molecule has 0 aliphatic carbocycles. The van der Waals surface area contributed by atoms with Crippen molar-refractivity contribution >= 4 is 35.5 Å². The van der Waals surface area contributed by atoms with Gasteiger partial charge in [-0.25, -0.2) is 4.99 Å². The average Bonchev–Trinajstić information content (AvgIpc) is 2.69. The molecule has 0 fully saturated rings. The summed E-state index contributed by atoms with van der Waals surface area (Å²) in [6.45, 7) is 5.98. The van der Waals surface area contributed by atoms with E-state index < -0.39 is 0 Å². The number of amides is 1. The third kappa shape index (κ3) is 5.32. The van der Waals surface area contributed by atoms with Crippen LogP contribution in [0.2, 0.25) is 0 Å². The number of nitrogens with one attached hydrogen (secondary N) is 1. The first-order valence-corrected chi connectivity index (χ1v) is 8.60. The summed E-state index contributed by atoms with van der Waals surface area (Å²) in [6, 6.07) is 24.3. The smallest absolute Gasteiger partial charge is 0.255 e. The highest BCUT2D eigenvalue weighted by Gasteiger charge is 2.07. The molecular weight excluding hydrogens is 370 g/mol. The molecule has 0 bridgehead atoms. The van der Waals surface area contributed by atoms with Crippen LogP contribution >= 0.6 is 12.4 Å². The van der Waals surface area contributed by atoms with Gasteiger partial charge in [0, 0.05) is 22.4 Å². The molecule has 4 nitrogen and oxygen atoms in total. The van der Waals surface area contributed by atoms with Crippen molar-refractivity contribution in [1.29, 1.82) is 0 Å². The highest BCUT2D eigenvalue weighted by molar-refractivity contribution is 6.04. The molecule has 5 heteroatoms. The third-order valence-electron chi connectivity index (χ3n) is 4.09. The number of carbonyl (C=O) groups excluding carboxylic acids is 1. The Morgan fingerprint density at radius 2 is 1.54 bits per heavy atom. The number of halogens is 1. The molecule has 0 aliphatic rings. The van der Waals surface area contributed by atoms with Crippen LogP contribution < -0.4 is 11.1 Å². The zero-order chi connectivity index (χ0) is 19.2. The van der Waals surface area contributed by atoms with Crippen molar-refractivity contribution in [3.05, 3.63) is 108 Å². The summed E-state index contributed by atoms with van der Waals surface area (Å²) in [5, 5.41) is 2.90. The molecule has 142 valence electrons. The van der Waals surface area contributed by atoms with Gasteiger partial charge in [0.1, 0.15) is 5.84 Å². The van der Waals surface area contributed by atoms with Crippen molar-refractivity contribution in [3.8, 4) is 0 Å². The molecule has 0 atom stereocenters. The normalized spacial score (nSPS) is 10.7. The molecule has 0 saturated carbocycles. The van der Waals surface area contributed by atoms with Gasteiger partial charge in [-0.1, -0.05) is 66.7 Å². The van der Waals surface area contributed by atoms with Crippen molar-refractivity contribution in [3.63, 3.8) is 0 Å². The lowest BCUT2D eigenvalue weighted by atomic mass is 10.1. The Balaban J connectivity index is 0.00000280. The van der Waals surface area contributed by atoms with Crippen molar-refractivity contribution in [2.75, 3.05) is 5.32 Å². The molecule has 28 heavy (non-hydrogen) atoms. The maximum Gasteiger partial charge on any atom is 0.255 e. The Bertz CT molecular complexity index is 996. The van der Waals surface area contributed by atoms with Gasteiger partial charge < -0.3 is 11.1 Å². The number of nitrogens with zero attached hydrogens (tertiary/aromatic N) is 1. The van der Waals surface area contributed by atoms with Gasteiger partial charge >= 0.3 is 0 Å². The Kier molecular flexibility index (Phi) is 7.13. The molecule has 0 aromatic heterocycles. The van der Waals surface area contributed by atoms with Gasteiger partial charge in [0.25, 0.3) is 5.91 Å². The summed E-state index contributed by atoms with van der Waals surface area (Å²) in [5.74, 6) is 0.236. The van der Waals surface area contributed by atoms with Gasteiger partial charge in [-0.3, -0.25) is 4.79 Å². The number of hydrogen-bond acceptors (Lipinski definition) is 2. The Hall–Kier alpha value is -3.37. The summed E-state index contributed by atoms with van der Waals surface area (Å²) in [5.41, 5.74) is 10.6. The Labute approximate surface area is 171 Å². The monoisotopic (exact) mass is 391 g/mol. The zero-order valence-corrected chi connectivity index (χ0v) is 16.4. The lowest BCUT2D eigenvalue weighted by molar-refractivity contribution is 0.102. The van der Waals surface area contributed by atoms with Crippen molar-refractivity contribution in [1.82, 2.24) is 0 Å². The first-order chi connectivity index (χ1) is 13.0. The molecule has 3 aromatic carbocycles. The van der Waals surface area contributed by atoms with Crippen molar-refractivity contribution in [2.45, 2.75) is 6.92 Å². The van der Waals surface area contributed by atoms with E-state index in [0.29, 0.717) is 22.8 Å². The van der Waals surface area contributed by atoms with Crippen LogP contribution in [0.15, 0.2) is 90.4 Å². The maximum absolute atomic E-state index is 12.4. The summed E-state index contributed by atoms with van der Waals surface area (Å²) in [6.07, 6.45) is 0. The fraction of sp³-hybridized carbons (Fsp3) is 0.0435. The standard InChI is InChI=1S/C23H21N3O.ClH/c1-16-11-13-19(14-12-16)23(27)26-21-10-6-9-20(15-21)17(2)25-22(24)18-7-4-3-5-8-18;/h3-15H,2H2,1H3,(H2,24,25)(H,26,27);1H. The van der Waals surface area contributed by atoms with Gasteiger partial charge in [0.15, 0.2) is 0 Å². The Morgan fingerprint density at radius 1 is 0.893 bits per heavy atom. The lowest BCUT2D eigenvalue weighted by Gasteiger charge is -2.08. The fourth-order valence-electron chi connectivity index (χ4n) is 2.57. The van der Waals surface area contributed by atoms with Gasteiger partial charge in [-0.2, -0.15) is 0 Å². The van der Waals surface area contributed by atoms with Gasteiger partial charge in [-0.05, 0) is 31.2 Å². The predicted molar refractivity (Wildman–Crippen MR) is 119 cm³/mol. The van der Waals surface area contributed by atoms with E-state index in [1.54, 1.807) is 12.1 Å². The van der Waals surface area contributed by atoms with Gasteiger partial charge in [-0.15, -0.1) is 12.4 Å². The van der Waals surface area contributed by atoms with Crippen LogP contribution in [0, 0.1) is 6.92 Å². The third-order valence-corrected chi connectivity index (χ3v) is 4.09. The fourth-order valence-corrected chi connectivity index (χ4v) is 2.57. The minimum absolute atomic E-state index is 0. The first kappa shape index (κ1) is 20.9. The van der Waals surface area contributed by atoms with Gasteiger partial charge in [0.2, 0.25) is 0 Å². The van der Waals surface area contributed by atoms with E-state index in [2.05, 4.69) is 16.9 Å². The second kappa shape index (κ2) is 9.53. The van der Waals surface area contributed by atoms with E-state index in [9.17, 15) is 4.79 Å². The molecule has 3 aromatic rings. The van der Waals surface area contributed by atoms with Crippen LogP contribution in [0.5, 0.6) is 0 Å². The SMILES string of the molecule is C=C(N=C(N)c1ccccc1)c1cccc(NC(=O)c2ccc(C)cc2)c1.Cl. The molecule has 0 unspecified atom stereocenters. The van der Waals surface area contributed by atoms with E-state index in [4.69, 9.17) is 5.73 Å². The van der Waals surface area contributed by atoms with E-state index in [0.717, 1.165) is 16.7 Å². The number of benzene rings is 3. The second-order valence-electron chi connectivity index (χ2n) is 6.21.